The van der Waals surface area contributed by atoms with Crippen LogP contribution in [0, 0.1) is 5.92 Å². The Hall–Kier alpha value is -3.21. The van der Waals surface area contributed by atoms with Crippen molar-refractivity contribution in [2.24, 2.45) is 5.92 Å². The molecule has 0 saturated heterocycles. The first-order valence-electron chi connectivity index (χ1n) is 9.68. The summed E-state index contributed by atoms with van der Waals surface area (Å²) in [5.41, 5.74) is 2.00. The molecule has 0 bridgehead atoms. The van der Waals surface area contributed by atoms with Crippen LogP contribution in [0.1, 0.15) is 36.8 Å². The van der Waals surface area contributed by atoms with Gasteiger partial charge >= 0.3 is 0 Å². The van der Waals surface area contributed by atoms with Gasteiger partial charge in [0, 0.05) is 17.9 Å². The number of amides is 1. The Morgan fingerprint density at radius 3 is 2.54 bits per heavy atom. The SMILES string of the molecule is O=C(N[C@H](Cc1ccccc1)c1nc(-c2ccccc2)no1)[C@@H]1CC=CCC1. The van der Waals surface area contributed by atoms with Crippen LogP contribution < -0.4 is 5.32 Å². The average Bonchev–Trinajstić information content (AvgIpc) is 3.25. The number of nitrogens with zero attached hydrogens (tertiary/aromatic N) is 2. The van der Waals surface area contributed by atoms with Crippen LogP contribution in [0.5, 0.6) is 0 Å². The van der Waals surface area contributed by atoms with E-state index < -0.39 is 0 Å². The second-order valence-electron chi connectivity index (χ2n) is 7.05. The second kappa shape index (κ2) is 8.65. The van der Waals surface area contributed by atoms with Gasteiger partial charge in [-0.05, 0) is 24.8 Å². The maximum atomic E-state index is 12.8. The van der Waals surface area contributed by atoms with E-state index in [0.717, 1.165) is 30.4 Å². The third-order valence-corrected chi connectivity index (χ3v) is 5.01. The second-order valence-corrected chi connectivity index (χ2v) is 7.05. The van der Waals surface area contributed by atoms with E-state index in [0.29, 0.717) is 18.1 Å². The molecular weight excluding hydrogens is 350 g/mol. The topological polar surface area (TPSA) is 68.0 Å². The van der Waals surface area contributed by atoms with Crippen molar-refractivity contribution in [3.8, 4) is 11.4 Å². The van der Waals surface area contributed by atoms with Gasteiger partial charge in [-0.3, -0.25) is 4.79 Å². The zero-order chi connectivity index (χ0) is 19.2. The third-order valence-electron chi connectivity index (χ3n) is 5.01. The van der Waals surface area contributed by atoms with Gasteiger partial charge in [0.2, 0.25) is 17.6 Å². The number of hydrogen-bond donors (Lipinski definition) is 1. The van der Waals surface area contributed by atoms with E-state index >= 15 is 0 Å². The monoisotopic (exact) mass is 373 g/mol. The maximum Gasteiger partial charge on any atom is 0.249 e. The molecule has 28 heavy (non-hydrogen) atoms. The minimum Gasteiger partial charge on any atom is -0.344 e. The first-order chi connectivity index (χ1) is 13.8. The highest BCUT2D eigenvalue weighted by atomic mass is 16.5. The molecule has 1 N–H and O–H groups in total. The molecule has 0 unspecified atom stereocenters. The van der Waals surface area contributed by atoms with Crippen LogP contribution in [0.15, 0.2) is 77.3 Å². The van der Waals surface area contributed by atoms with Gasteiger partial charge < -0.3 is 9.84 Å². The van der Waals surface area contributed by atoms with Crippen molar-refractivity contribution < 1.29 is 9.32 Å². The molecule has 1 aliphatic rings. The van der Waals surface area contributed by atoms with Gasteiger partial charge in [0.25, 0.3) is 0 Å². The standard InChI is InChI=1S/C23H23N3O2/c27-22(19-14-8-3-9-15-19)24-20(16-17-10-4-1-5-11-17)23-25-21(26-28-23)18-12-6-2-7-13-18/h1-8,10-13,19-20H,9,14-16H2,(H,24,27)/t19-,20-/m1/s1. The summed E-state index contributed by atoms with van der Waals surface area (Å²) in [6.45, 7) is 0. The van der Waals surface area contributed by atoms with Crippen molar-refractivity contribution in [1.29, 1.82) is 0 Å². The summed E-state index contributed by atoms with van der Waals surface area (Å²) in [4.78, 5) is 17.4. The molecule has 0 radical (unpaired) electrons. The van der Waals surface area contributed by atoms with Crippen LogP contribution >= 0.6 is 0 Å². The Labute approximate surface area is 164 Å². The Bertz CT molecular complexity index is 935. The molecule has 1 aromatic heterocycles. The molecule has 1 amide bonds. The van der Waals surface area contributed by atoms with Crippen molar-refractivity contribution >= 4 is 5.91 Å². The average molecular weight is 373 g/mol. The number of rotatable bonds is 6. The van der Waals surface area contributed by atoms with Gasteiger partial charge in [-0.1, -0.05) is 78.0 Å². The molecule has 0 fully saturated rings. The number of hydrogen-bond acceptors (Lipinski definition) is 4. The van der Waals surface area contributed by atoms with Gasteiger partial charge in [0.05, 0.1) is 0 Å². The molecule has 3 aromatic rings. The number of aromatic nitrogens is 2. The Morgan fingerprint density at radius 2 is 1.82 bits per heavy atom. The van der Waals surface area contributed by atoms with Gasteiger partial charge in [-0.2, -0.15) is 4.98 Å². The smallest absolute Gasteiger partial charge is 0.249 e. The van der Waals surface area contributed by atoms with E-state index in [1.165, 1.54) is 0 Å². The number of nitrogens with one attached hydrogen (secondary N) is 1. The maximum absolute atomic E-state index is 12.8. The lowest BCUT2D eigenvalue weighted by Crippen LogP contribution is -2.35. The summed E-state index contributed by atoms with van der Waals surface area (Å²) in [6.07, 6.45) is 7.42. The van der Waals surface area contributed by atoms with E-state index in [4.69, 9.17) is 4.52 Å². The van der Waals surface area contributed by atoms with Gasteiger partial charge in [0.15, 0.2) is 0 Å². The largest absolute Gasteiger partial charge is 0.344 e. The molecule has 2 atom stereocenters. The van der Waals surface area contributed by atoms with Crippen LogP contribution in [-0.4, -0.2) is 16.0 Å². The fraction of sp³-hybridized carbons (Fsp3) is 0.261. The Morgan fingerprint density at radius 1 is 1.07 bits per heavy atom. The van der Waals surface area contributed by atoms with Crippen molar-refractivity contribution in [1.82, 2.24) is 15.5 Å². The van der Waals surface area contributed by atoms with Crippen LogP contribution in [0.25, 0.3) is 11.4 Å². The summed E-state index contributed by atoms with van der Waals surface area (Å²) < 4.78 is 5.55. The summed E-state index contributed by atoms with van der Waals surface area (Å²) in [6, 6.07) is 19.4. The first-order valence-corrected chi connectivity index (χ1v) is 9.68. The molecular formula is C23H23N3O2. The van der Waals surface area contributed by atoms with Crippen LogP contribution in [0.4, 0.5) is 0 Å². The Kier molecular flexibility index (Phi) is 5.61. The normalized spacial score (nSPS) is 17.2. The fourth-order valence-corrected chi connectivity index (χ4v) is 3.45. The highest BCUT2D eigenvalue weighted by Crippen LogP contribution is 2.24. The Balaban J connectivity index is 1.56. The lowest BCUT2D eigenvalue weighted by Gasteiger charge is -2.21. The van der Waals surface area contributed by atoms with Crippen molar-refractivity contribution in [3.63, 3.8) is 0 Å². The van der Waals surface area contributed by atoms with E-state index in [-0.39, 0.29) is 17.9 Å². The molecule has 0 saturated carbocycles. The third kappa shape index (κ3) is 4.36. The number of benzene rings is 2. The van der Waals surface area contributed by atoms with Crippen molar-refractivity contribution in [2.75, 3.05) is 0 Å². The number of carbonyl (C=O) groups is 1. The molecule has 1 aliphatic carbocycles. The van der Waals surface area contributed by atoms with Crippen LogP contribution in [0.2, 0.25) is 0 Å². The summed E-state index contributed by atoms with van der Waals surface area (Å²) in [5.74, 6) is 1.01. The van der Waals surface area contributed by atoms with Crippen molar-refractivity contribution in [2.45, 2.75) is 31.7 Å². The van der Waals surface area contributed by atoms with E-state index in [1.807, 2.05) is 60.7 Å². The quantitative estimate of drug-likeness (QED) is 0.646. The lowest BCUT2D eigenvalue weighted by atomic mass is 9.93. The number of carbonyl (C=O) groups excluding carboxylic acids is 1. The van der Waals surface area contributed by atoms with Crippen molar-refractivity contribution in [3.05, 3.63) is 84.3 Å². The van der Waals surface area contributed by atoms with E-state index in [9.17, 15) is 4.79 Å². The molecule has 2 aromatic carbocycles. The molecule has 0 spiro atoms. The molecule has 1 heterocycles. The van der Waals surface area contributed by atoms with Gasteiger partial charge in [0.1, 0.15) is 6.04 Å². The van der Waals surface area contributed by atoms with Crippen LogP contribution in [0.3, 0.4) is 0 Å². The number of allylic oxidation sites excluding steroid dienone is 2. The summed E-state index contributed by atoms with van der Waals surface area (Å²) in [5, 5.41) is 7.27. The zero-order valence-electron chi connectivity index (χ0n) is 15.6. The molecule has 4 rings (SSSR count). The summed E-state index contributed by atoms with van der Waals surface area (Å²) >= 11 is 0. The minimum absolute atomic E-state index is 0.000196. The minimum atomic E-state index is -0.356. The van der Waals surface area contributed by atoms with Gasteiger partial charge in [-0.15, -0.1) is 0 Å². The highest BCUT2D eigenvalue weighted by molar-refractivity contribution is 5.79. The van der Waals surface area contributed by atoms with E-state index in [1.54, 1.807) is 0 Å². The predicted molar refractivity (Wildman–Crippen MR) is 107 cm³/mol. The zero-order valence-corrected chi connectivity index (χ0v) is 15.6. The van der Waals surface area contributed by atoms with Gasteiger partial charge in [-0.25, -0.2) is 0 Å². The lowest BCUT2D eigenvalue weighted by molar-refractivity contribution is -0.126. The predicted octanol–water partition coefficient (Wildman–Crippen LogP) is 4.49. The first kappa shape index (κ1) is 18.2. The highest BCUT2D eigenvalue weighted by Gasteiger charge is 2.26. The van der Waals surface area contributed by atoms with Crippen LogP contribution in [-0.2, 0) is 11.2 Å². The van der Waals surface area contributed by atoms with E-state index in [2.05, 4.69) is 27.6 Å². The molecule has 0 aliphatic heterocycles. The summed E-state index contributed by atoms with van der Waals surface area (Å²) in [7, 11) is 0. The molecule has 142 valence electrons. The molecule has 5 nitrogen and oxygen atoms in total. The fourth-order valence-electron chi connectivity index (χ4n) is 3.45. The molecule has 5 heteroatoms.